The van der Waals surface area contributed by atoms with Gasteiger partial charge in [0.25, 0.3) is 0 Å². The Morgan fingerprint density at radius 2 is 1.89 bits per heavy atom. The third kappa shape index (κ3) is 3.59. The van der Waals surface area contributed by atoms with E-state index in [1.807, 2.05) is 20.8 Å². The molecule has 0 aromatic carbocycles. The van der Waals surface area contributed by atoms with Crippen molar-refractivity contribution in [2.45, 2.75) is 63.6 Å². The van der Waals surface area contributed by atoms with Crippen molar-refractivity contribution in [2.24, 2.45) is 0 Å². The molecule has 0 heterocycles. The highest BCUT2D eigenvalue weighted by Gasteiger charge is 2.40. The van der Waals surface area contributed by atoms with Crippen LogP contribution in [0.4, 0.5) is 4.79 Å². The second-order valence-electron chi connectivity index (χ2n) is 6.21. The molecule has 0 unspecified atom stereocenters. The van der Waals surface area contributed by atoms with E-state index < -0.39 is 17.2 Å². The Balaban J connectivity index is 2.68. The van der Waals surface area contributed by atoms with E-state index in [1.54, 1.807) is 7.11 Å². The lowest BCUT2D eigenvalue weighted by molar-refractivity contribution is -0.0734. The zero-order valence-electron chi connectivity index (χ0n) is 11.8. The summed E-state index contributed by atoms with van der Waals surface area (Å²) in [5.41, 5.74) is -1.19. The van der Waals surface area contributed by atoms with Gasteiger partial charge in [-0.2, -0.15) is 0 Å². The molecule has 1 aliphatic carbocycles. The predicted octanol–water partition coefficient (Wildman–Crippen LogP) is 2.08. The Labute approximate surface area is 109 Å². The number of rotatable bonds is 3. The SMILES string of the molecule is COC[C@]1(O)CC[C@H](N(C(=O)O)C(C)(C)C)CC1. The first kappa shape index (κ1) is 15.2. The van der Waals surface area contributed by atoms with Crippen molar-refractivity contribution in [3.63, 3.8) is 0 Å². The van der Waals surface area contributed by atoms with Crippen LogP contribution in [0.1, 0.15) is 46.5 Å². The molecule has 0 radical (unpaired) electrons. The molecule has 1 fully saturated rings. The van der Waals surface area contributed by atoms with Gasteiger partial charge in [-0.05, 0) is 46.5 Å². The molecule has 106 valence electrons. The summed E-state index contributed by atoms with van der Waals surface area (Å²) in [6.45, 7) is 6.02. The van der Waals surface area contributed by atoms with Gasteiger partial charge in [0.15, 0.2) is 0 Å². The summed E-state index contributed by atoms with van der Waals surface area (Å²) in [5, 5.41) is 19.6. The average molecular weight is 259 g/mol. The van der Waals surface area contributed by atoms with Gasteiger partial charge in [-0.1, -0.05) is 0 Å². The Hall–Kier alpha value is -0.810. The molecule has 0 atom stereocenters. The summed E-state index contributed by atoms with van der Waals surface area (Å²) in [6.07, 6.45) is 1.66. The van der Waals surface area contributed by atoms with Crippen LogP contribution in [-0.2, 0) is 4.74 Å². The fraction of sp³-hybridized carbons (Fsp3) is 0.923. The number of amides is 1. The second kappa shape index (κ2) is 5.45. The van der Waals surface area contributed by atoms with Gasteiger partial charge in [-0.3, -0.25) is 0 Å². The minimum Gasteiger partial charge on any atom is -0.465 e. The largest absolute Gasteiger partial charge is 0.465 e. The first-order valence-corrected chi connectivity index (χ1v) is 6.43. The zero-order valence-corrected chi connectivity index (χ0v) is 11.8. The first-order chi connectivity index (χ1) is 8.19. The van der Waals surface area contributed by atoms with Crippen molar-refractivity contribution in [2.75, 3.05) is 13.7 Å². The lowest BCUT2D eigenvalue weighted by Gasteiger charge is -2.44. The number of carbonyl (C=O) groups is 1. The van der Waals surface area contributed by atoms with Crippen LogP contribution in [0.3, 0.4) is 0 Å². The van der Waals surface area contributed by atoms with E-state index in [0.717, 1.165) is 0 Å². The molecule has 0 bridgehead atoms. The fourth-order valence-electron chi connectivity index (χ4n) is 2.80. The van der Waals surface area contributed by atoms with Crippen molar-refractivity contribution in [3.8, 4) is 0 Å². The molecule has 0 aromatic rings. The van der Waals surface area contributed by atoms with E-state index >= 15 is 0 Å². The molecular weight excluding hydrogens is 234 g/mol. The van der Waals surface area contributed by atoms with E-state index in [1.165, 1.54) is 4.90 Å². The summed E-state index contributed by atoms with van der Waals surface area (Å²) in [7, 11) is 1.57. The average Bonchev–Trinajstić information content (AvgIpc) is 2.19. The Morgan fingerprint density at radius 1 is 1.39 bits per heavy atom. The Morgan fingerprint density at radius 3 is 2.22 bits per heavy atom. The predicted molar refractivity (Wildman–Crippen MR) is 68.7 cm³/mol. The van der Waals surface area contributed by atoms with Crippen LogP contribution in [-0.4, -0.2) is 52.1 Å². The minimum absolute atomic E-state index is 0.0142. The van der Waals surface area contributed by atoms with Crippen LogP contribution >= 0.6 is 0 Å². The quantitative estimate of drug-likeness (QED) is 0.814. The summed E-state index contributed by atoms with van der Waals surface area (Å²) >= 11 is 0. The normalized spacial score (nSPS) is 29.1. The third-order valence-corrected chi connectivity index (χ3v) is 3.59. The molecule has 0 saturated heterocycles. The molecule has 5 nitrogen and oxygen atoms in total. The number of hydrogen-bond donors (Lipinski definition) is 2. The number of aliphatic hydroxyl groups is 1. The lowest BCUT2D eigenvalue weighted by Crippen LogP contribution is -2.54. The van der Waals surface area contributed by atoms with Gasteiger partial charge in [0.2, 0.25) is 0 Å². The molecule has 1 saturated carbocycles. The molecule has 0 aliphatic heterocycles. The maximum absolute atomic E-state index is 11.4. The van der Waals surface area contributed by atoms with Crippen molar-refractivity contribution < 1.29 is 19.7 Å². The van der Waals surface area contributed by atoms with E-state index in [0.29, 0.717) is 32.3 Å². The number of methoxy groups -OCH3 is 1. The number of hydrogen-bond acceptors (Lipinski definition) is 3. The van der Waals surface area contributed by atoms with Crippen LogP contribution in [0, 0.1) is 0 Å². The smallest absolute Gasteiger partial charge is 0.407 e. The van der Waals surface area contributed by atoms with Gasteiger partial charge in [0.05, 0.1) is 12.2 Å². The van der Waals surface area contributed by atoms with Crippen LogP contribution in [0.5, 0.6) is 0 Å². The molecule has 5 heteroatoms. The fourth-order valence-corrected chi connectivity index (χ4v) is 2.80. The Bertz CT molecular complexity index is 290. The monoisotopic (exact) mass is 259 g/mol. The topological polar surface area (TPSA) is 70.0 Å². The molecule has 1 amide bonds. The number of carboxylic acid groups (broad SMARTS) is 1. The molecule has 0 spiro atoms. The summed E-state index contributed by atoms with van der Waals surface area (Å²) in [6, 6.07) is -0.0142. The molecule has 1 rings (SSSR count). The highest BCUT2D eigenvalue weighted by Crippen LogP contribution is 2.33. The minimum atomic E-state index is -0.885. The van der Waals surface area contributed by atoms with E-state index in [2.05, 4.69) is 0 Å². The summed E-state index contributed by atoms with van der Waals surface area (Å²) in [4.78, 5) is 12.9. The molecule has 0 aromatic heterocycles. The first-order valence-electron chi connectivity index (χ1n) is 6.43. The zero-order chi connectivity index (χ0) is 14.0. The third-order valence-electron chi connectivity index (χ3n) is 3.59. The number of ether oxygens (including phenoxy) is 1. The van der Waals surface area contributed by atoms with Crippen molar-refractivity contribution in [1.82, 2.24) is 4.90 Å². The van der Waals surface area contributed by atoms with Gasteiger partial charge >= 0.3 is 6.09 Å². The van der Waals surface area contributed by atoms with E-state index in [4.69, 9.17) is 4.74 Å². The standard InChI is InChI=1S/C13H25NO4/c1-12(2,3)14(11(15)16)10-5-7-13(17,8-6-10)9-18-4/h10,17H,5-9H2,1-4H3,(H,15,16)/t10-,13-. The Kier molecular flexibility index (Phi) is 4.61. The second-order valence-corrected chi connectivity index (χ2v) is 6.21. The van der Waals surface area contributed by atoms with E-state index in [-0.39, 0.29) is 6.04 Å². The summed E-state index contributed by atoms with van der Waals surface area (Å²) < 4.78 is 5.01. The molecular formula is C13H25NO4. The highest BCUT2D eigenvalue weighted by atomic mass is 16.5. The maximum atomic E-state index is 11.4. The van der Waals surface area contributed by atoms with Crippen LogP contribution in [0.15, 0.2) is 0 Å². The lowest BCUT2D eigenvalue weighted by atomic mass is 9.81. The van der Waals surface area contributed by atoms with Crippen LogP contribution < -0.4 is 0 Å². The van der Waals surface area contributed by atoms with Crippen molar-refractivity contribution >= 4 is 6.09 Å². The summed E-state index contributed by atoms with van der Waals surface area (Å²) in [5.74, 6) is 0. The maximum Gasteiger partial charge on any atom is 0.407 e. The van der Waals surface area contributed by atoms with Gasteiger partial charge < -0.3 is 19.8 Å². The van der Waals surface area contributed by atoms with Gasteiger partial charge in [-0.15, -0.1) is 0 Å². The highest BCUT2D eigenvalue weighted by molar-refractivity contribution is 5.66. The van der Waals surface area contributed by atoms with Gasteiger partial charge in [0, 0.05) is 18.7 Å². The molecule has 18 heavy (non-hydrogen) atoms. The van der Waals surface area contributed by atoms with Gasteiger partial charge in [-0.25, -0.2) is 4.79 Å². The van der Waals surface area contributed by atoms with Gasteiger partial charge in [0.1, 0.15) is 0 Å². The van der Waals surface area contributed by atoms with Crippen molar-refractivity contribution in [3.05, 3.63) is 0 Å². The molecule has 2 N–H and O–H groups in total. The molecule has 1 aliphatic rings. The van der Waals surface area contributed by atoms with E-state index in [9.17, 15) is 15.0 Å². The van der Waals surface area contributed by atoms with Crippen molar-refractivity contribution in [1.29, 1.82) is 0 Å². The van der Waals surface area contributed by atoms with Crippen LogP contribution in [0.25, 0.3) is 0 Å². The van der Waals surface area contributed by atoms with Crippen LogP contribution in [0.2, 0.25) is 0 Å². The number of nitrogens with zero attached hydrogens (tertiary/aromatic N) is 1.